The summed E-state index contributed by atoms with van der Waals surface area (Å²) in [4.78, 5) is 10.4. The lowest BCUT2D eigenvalue weighted by Gasteiger charge is -2.24. The molecule has 1 aliphatic carbocycles. The van der Waals surface area contributed by atoms with Gasteiger partial charge in [0.25, 0.3) is 0 Å². The SMILES string of the molecule is C=S(=CC)(c1ccccc1Nc1nc(Nc2cc(CC)c(C3(CC)CC3)cc2OC)ncc1Cl)C(C)C. The van der Waals surface area contributed by atoms with Gasteiger partial charge in [-0.15, -0.1) is 0 Å². The maximum Gasteiger partial charge on any atom is 0.229 e. The van der Waals surface area contributed by atoms with Gasteiger partial charge >= 0.3 is 0 Å². The van der Waals surface area contributed by atoms with Crippen molar-refractivity contribution in [2.75, 3.05) is 17.7 Å². The van der Waals surface area contributed by atoms with Gasteiger partial charge in [0.2, 0.25) is 5.95 Å². The molecular weight excluding hydrogens is 500 g/mol. The van der Waals surface area contributed by atoms with Gasteiger partial charge in [-0.2, -0.15) is 14.2 Å². The van der Waals surface area contributed by atoms with Crippen LogP contribution in [0.15, 0.2) is 47.5 Å². The monoisotopic (exact) mass is 538 g/mol. The summed E-state index contributed by atoms with van der Waals surface area (Å²) in [6.07, 6.45) is 6.21. The van der Waals surface area contributed by atoms with Crippen molar-refractivity contribution in [3.63, 3.8) is 0 Å². The van der Waals surface area contributed by atoms with Crippen molar-refractivity contribution in [2.24, 2.45) is 0 Å². The van der Waals surface area contributed by atoms with E-state index < -0.39 is 9.21 Å². The van der Waals surface area contributed by atoms with Crippen molar-refractivity contribution in [3.8, 4) is 5.75 Å². The molecule has 2 aromatic carbocycles. The lowest BCUT2D eigenvalue weighted by Crippen LogP contribution is -2.10. The highest BCUT2D eigenvalue weighted by Gasteiger charge is 2.43. The number of hydrogen-bond donors (Lipinski definition) is 2. The zero-order valence-corrected chi connectivity index (χ0v) is 24.4. The lowest BCUT2D eigenvalue weighted by atomic mass is 9.87. The van der Waals surface area contributed by atoms with E-state index in [-0.39, 0.29) is 0 Å². The Morgan fingerprint density at radius 2 is 1.89 bits per heavy atom. The normalized spacial score (nSPS) is 15.7. The molecule has 198 valence electrons. The molecule has 0 radical (unpaired) electrons. The van der Waals surface area contributed by atoms with Crippen molar-refractivity contribution >= 4 is 55.2 Å². The van der Waals surface area contributed by atoms with Gasteiger partial charge in [-0.3, -0.25) is 0 Å². The Hall–Kier alpha value is -2.70. The summed E-state index contributed by atoms with van der Waals surface area (Å²) in [7, 11) is 0.328. The minimum atomic E-state index is -1.38. The van der Waals surface area contributed by atoms with Gasteiger partial charge in [-0.05, 0) is 78.7 Å². The van der Waals surface area contributed by atoms with E-state index in [1.807, 2.05) is 6.07 Å². The molecule has 37 heavy (non-hydrogen) atoms. The average molecular weight is 539 g/mol. The maximum atomic E-state index is 6.56. The fourth-order valence-electron chi connectivity index (χ4n) is 4.96. The molecular formula is C30H39ClN4OS. The zero-order valence-electron chi connectivity index (χ0n) is 22.8. The van der Waals surface area contributed by atoms with Crippen LogP contribution < -0.4 is 15.4 Å². The smallest absolute Gasteiger partial charge is 0.229 e. The van der Waals surface area contributed by atoms with Gasteiger partial charge in [0.15, 0.2) is 5.82 Å². The van der Waals surface area contributed by atoms with Crippen molar-refractivity contribution in [2.45, 2.75) is 75.9 Å². The predicted molar refractivity (Wildman–Crippen MR) is 163 cm³/mol. The Labute approximate surface area is 227 Å². The third kappa shape index (κ3) is 5.32. The quantitative estimate of drug-likeness (QED) is 0.253. The number of benzene rings is 2. The average Bonchev–Trinajstić information content (AvgIpc) is 3.71. The number of ether oxygens (including phenoxy) is 1. The molecule has 1 heterocycles. The molecule has 0 aliphatic heterocycles. The summed E-state index contributed by atoms with van der Waals surface area (Å²) < 4.78 is 5.80. The van der Waals surface area contributed by atoms with Gasteiger partial charge in [-0.25, -0.2) is 4.98 Å². The summed E-state index contributed by atoms with van der Waals surface area (Å²) in [5.74, 6) is 6.42. The molecule has 7 heteroatoms. The summed E-state index contributed by atoms with van der Waals surface area (Å²) in [5, 5.41) is 9.92. The van der Waals surface area contributed by atoms with Crippen LogP contribution in [0.25, 0.3) is 0 Å². The Balaban J connectivity index is 1.69. The number of aromatic nitrogens is 2. The minimum Gasteiger partial charge on any atom is -0.495 e. The van der Waals surface area contributed by atoms with Crippen LogP contribution in [0.3, 0.4) is 0 Å². The first kappa shape index (κ1) is 27.3. The number of methoxy groups -OCH3 is 1. The van der Waals surface area contributed by atoms with Crippen LogP contribution in [0.1, 0.15) is 65.0 Å². The van der Waals surface area contributed by atoms with Crippen LogP contribution in [0.4, 0.5) is 23.1 Å². The molecule has 0 amide bonds. The Bertz CT molecular complexity index is 1400. The molecule has 0 saturated heterocycles. The maximum absolute atomic E-state index is 6.56. The highest BCUT2D eigenvalue weighted by Crippen LogP contribution is 2.53. The second-order valence-corrected chi connectivity index (χ2v) is 13.9. The molecule has 4 rings (SSSR count). The van der Waals surface area contributed by atoms with Gasteiger partial charge in [0.05, 0.1) is 24.7 Å². The Kier molecular flexibility index (Phi) is 8.10. The first-order chi connectivity index (χ1) is 17.7. The number of nitrogens with zero attached hydrogens (tertiary/aromatic N) is 2. The Morgan fingerprint density at radius 1 is 1.16 bits per heavy atom. The largest absolute Gasteiger partial charge is 0.495 e. The van der Waals surface area contributed by atoms with Crippen LogP contribution in [0.5, 0.6) is 5.75 Å². The zero-order chi connectivity index (χ0) is 26.8. The Morgan fingerprint density at radius 3 is 2.49 bits per heavy atom. The van der Waals surface area contributed by atoms with Crippen molar-refractivity contribution in [1.82, 2.24) is 9.97 Å². The first-order valence-electron chi connectivity index (χ1n) is 13.0. The van der Waals surface area contributed by atoms with E-state index >= 15 is 0 Å². The standard InChI is InChI=1S/C30H39ClN4OS/c1-8-21-17-25(26(36-6)18-22(21)30(9-2)15-16-30)34-29-32-19-23(31)28(35-29)33-24-13-11-12-14-27(24)37(7,10-3)20(4)5/h10-14,17-20H,7-9,15-16H2,1-6H3,(H2,32,33,34,35). The van der Waals surface area contributed by atoms with Gasteiger partial charge < -0.3 is 15.4 Å². The fourth-order valence-corrected chi connectivity index (χ4v) is 7.26. The van der Waals surface area contributed by atoms with E-state index in [1.165, 1.54) is 28.9 Å². The van der Waals surface area contributed by atoms with Gasteiger partial charge in [-0.1, -0.05) is 62.7 Å². The minimum absolute atomic E-state index is 0.301. The van der Waals surface area contributed by atoms with Crippen molar-refractivity contribution in [3.05, 3.63) is 58.7 Å². The van der Waals surface area contributed by atoms with Crippen LogP contribution in [-0.2, 0) is 11.8 Å². The highest BCUT2D eigenvalue weighted by atomic mass is 35.5. The summed E-state index contributed by atoms with van der Waals surface area (Å²) in [6, 6.07) is 12.6. The van der Waals surface area contributed by atoms with Crippen molar-refractivity contribution in [1.29, 1.82) is 0 Å². The number of aryl methyl sites for hydroxylation is 1. The van der Waals surface area contributed by atoms with Gasteiger partial charge in [0.1, 0.15) is 10.8 Å². The molecule has 3 aromatic rings. The molecule has 5 nitrogen and oxygen atoms in total. The number of hydrogen-bond acceptors (Lipinski definition) is 5. The number of anilines is 4. The molecule has 0 spiro atoms. The number of halogens is 1. The number of nitrogens with one attached hydrogen (secondary N) is 2. The number of rotatable bonds is 10. The van der Waals surface area contributed by atoms with E-state index in [0.717, 1.165) is 30.0 Å². The van der Waals surface area contributed by atoms with E-state index in [1.54, 1.807) is 13.3 Å². The molecule has 1 aliphatic rings. The summed E-state index contributed by atoms with van der Waals surface area (Å²) >= 11 is 6.56. The fraction of sp³-hybridized carbons (Fsp3) is 0.400. The third-order valence-electron chi connectivity index (χ3n) is 7.71. The van der Waals surface area contributed by atoms with E-state index in [0.29, 0.717) is 27.5 Å². The van der Waals surface area contributed by atoms with Crippen LogP contribution >= 0.6 is 20.8 Å². The second kappa shape index (κ2) is 11.0. The summed E-state index contributed by atoms with van der Waals surface area (Å²) in [5.41, 5.74) is 4.85. The molecule has 1 aromatic heterocycles. The van der Waals surface area contributed by atoms with E-state index in [9.17, 15) is 0 Å². The first-order valence-corrected chi connectivity index (χ1v) is 15.3. The molecule has 0 bridgehead atoms. The van der Waals surface area contributed by atoms with Crippen LogP contribution in [0, 0.1) is 0 Å². The summed E-state index contributed by atoms with van der Waals surface area (Å²) in [6.45, 7) is 11.0. The topological polar surface area (TPSA) is 59.1 Å². The van der Waals surface area contributed by atoms with Crippen LogP contribution in [-0.4, -0.2) is 33.6 Å². The third-order valence-corrected chi connectivity index (χ3v) is 11.7. The lowest BCUT2D eigenvalue weighted by molar-refractivity contribution is 0.415. The molecule has 2 N–H and O–H groups in total. The molecule has 1 atom stereocenters. The molecule has 1 unspecified atom stereocenters. The van der Waals surface area contributed by atoms with Gasteiger partial charge in [0, 0.05) is 4.90 Å². The van der Waals surface area contributed by atoms with Crippen molar-refractivity contribution < 1.29 is 4.74 Å². The van der Waals surface area contributed by atoms with E-state index in [4.69, 9.17) is 21.3 Å². The molecule has 1 fully saturated rings. The molecule has 1 saturated carbocycles. The van der Waals surface area contributed by atoms with E-state index in [2.05, 4.69) is 91.8 Å². The predicted octanol–water partition coefficient (Wildman–Crippen LogP) is 8.46. The van der Waals surface area contributed by atoms with Crippen LogP contribution in [0.2, 0.25) is 5.02 Å². The number of para-hydroxylation sites is 1. The highest BCUT2D eigenvalue weighted by molar-refractivity contribution is 8.29. The second-order valence-electron chi connectivity index (χ2n) is 9.97.